The van der Waals surface area contributed by atoms with Crippen molar-refractivity contribution in [2.75, 3.05) is 13.7 Å². The molecule has 0 aromatic heterocycles. The molecule has 3 rings (SSSR count). The number of aliphatic hydroxyl groups excluding tert-OH is 1. The maximum absolute atomic E-state index is 12.8. The van der Waals surface area contributed by atoms with Gasteiger partial charge in [-0.3, -0.25) is 4.79 Å². The largest absolute Gasteiger partial charge is 0.497 e. The van der Waals surface area contributed by atoms with Crippen LogP contribution in [0.5, 0.6) is 5.75 Å². The highest BCUT2D eigenvalue weighted by atomic mass is 16.5. The van der Waals surface area contributed by atoms with Gasteiger partial charge in [-0.25, -0.2) is 0 Å². The molecule has 0 aliphatic carbocycles. The number of hydrogen-bond acceptors (Lipinski definition) is 4. The molecule has 0 saturated heterocycles. The molecule has 0 unspecified atom stereocenters. The lowest BCUT2D eigenvalue weighted by Crippen LogP contribution is -2.51. The fourth-order valence-corrected chi connectivity index (χ4v) is 3.61. The van der Waals surface area contributed by atoms with E-state index in [1.165, 1.54) is 0 Å². The summed E-state index contributed by atoms with van der Waals surface area (Å²) in [5.41, 5.74) is 2.28. The van der Waals surface area contributed by atoms with Crippen LogP contribution in [0.25, 0.3) is 0 Å². The van der Waals surface area contributed by atoms with Crippen LogP contribution >= 0.6 is 0 Å². The second-order valence-electron chi connectivity index (χ2n) is 8.44. The Hall–Kier alpha value is -3.15. The van der Waals surface area contributed by atoms with Gasteiger partial charge in [0, 0.05) is 17.6 Å². The third-order valence-corrected chi connectivity index (χ3v) is 5.66. The van der Waals surface area contributed by atoms with Gasteiger partial charge in [0.1, 0.15) is 5.75 Å². The van der Waals surface area contributed by atoms with E-state index in [9.17, 15) is 9.90 Å². The third-order valence-electron chi connectivity index (χ3n) is 5.66. The van der Waals surface area contributed by atoms with Gasteiger partial charge in [-0.1, -0.05) is 60.7 Å². The van der Waals surface area contributed by atoms with Crippen molar-refractivity contribution in [1.82, 2.24) is 10.6 Å². The number of methoxy groups -OCH3 is 1. The zero-order chi connectivity index (χ0) is 23.0. The van der Waals surface area contributed by atoms with Crippen molar-refractivity contribution < 1.29 is 14.6 Å². The molecule has 168 valence electrons. The fraction of sp³-hybridized carbons (Fsp3) is 0.296. The molecule has 5 nitrogen and oxygen atoms in total. The number of aliphatic hydroxyl groups is 1. The topological polar surface area (TPSA) is 70.6 Å². The summed E-state index contributed by atoms with van der Waals surface area (Å²) >= 11 is 0. The van der Waals surface area contributed by atoms with Crippen LogP contribution in [0, 0.1) is 0 Å². The standard InChI is InChI=1S/C27H32N2O3/c1-27(2,22-15-10-16-23(18-22)32-3)28-19-25(30)24(17-20-11-6-4-7-12-20)29-26(31)21-13-8-5-9-14-21/h4-16,18,24-25,28,30H,17,19H2,1-3H3,(H,29,31)/t24-,25+/m0/s1. The minimum Gasteiger partial charge on any atom is -0.497 e. The molecule has 3 aromatic rings. The van der Waals surface area contributed by atoms with Gasteiger partial charge < -0.3 is 20.5 Å². The normalized spacial score (nSPS) is 13.2. The fourth-order valence-electron chi connectivity index (χ4n) is 3.61. The quantitative estimate of drug-likeness (QED) is 0.454. The van der Waals surface area contributed by atoms with Crippen LogP contribution in [0.15, 0.2) is 84.9 Å². The number of ether oxygens (including phenoxy) is 1. The van der Waals surface area contributed by atoms with E-state index in [1.807, 2.05) is 72.8 Å². The lowest BCUT2D eigenvalue weighted by molar-refractivity contribution is 0.0813. The second-order valence-corrected chi connectivity index (χ2v) is 8.44. The van der Waals surface area contributed by atoms with Crippen LogP contribution in [0.1, 0.15) is 35.3 Å². The average Bonchev–Trinajstić information content (AvgIpc) is 2.83. The number of hydrogen-bond donors (Lipinski definition) is 3. The van der Waals surface area contributed by atoms with E-state index in [-0.39, 0.29) is 5.91 Å². The number of carbonyl (C=O) groups is 1. The molecule has 0 bridgehead atoms. The molecule has 0 aliphatic heterocycles. The molecule has 2 atom stereocenters. The van der Waals surface area contributed by atoms with Crippen LogP contribution < -0.4 is 15.4 Å². The molecule has 5 heteroatoms. The maximum Gasteiger partial charge on any atom is 0.251 e. The predicted molar refractivity (Wildman–Crippen MR) is 128 cm³/mol. The van der Waals surface area contributed by atoms with E-state index < -0.39 is 17.7 Å². The Morgan fingerprint density at radius 2 is 1.62 bits per heavy atom. The van der Waals surface area contributed by atoms with Gasteiger partial charge in [-0.15, -0.1) is 0 Å². The highest BCUT2D eigenvalue weighted by Crippen LogP contribution is 2.24. The summed E-state index contributed by atoms with van der Waals surface area (Å²) in [6, 6.07) is 26.4. The lowest BCUT2D eigenvalue weighted by atomic mass is 9.93. The number of rotatable bonds is 10. The van der Waals surface area contributed by atoms with Gasteiger partial charge in [0.05, 0.1) is 19.3 Å². The summed E-state index contributed by atoms with van der Waals surface area (Å²) in [5, 5.41) is 17.6. The molecular weight excluding hydrogens is 400 g/mol. The molecule has 0 radical (unpaired) electrons. The first-order chi connectivity index (χ1) is 15.4. The number of amides is 1. The van der Waals surface area contributed by atoms with Crippen molar-refractivity contribution in [3.63, 3.8) is 0 Å². The Labute approximate surface area is 190 Å². The number of nitrogens with one attached hydrogen (secondary N) is 2. The van der Waals surface area contributed by atoms with Crippen LogP contribution in [-0.4, -0.2) is 36.8 Å². The van der Waals surface area contributed by atoms with E-state index in [4.69, 9.17) is 4.74 Å². The Balaban J connectivity index is 1.72. The van der Waals surface area contributed by atoms with Crippen molar-refractivity contribution in [1.29, 1.82) is 0 Å². The van der Waals surface area contributed by atoms with Crippen molar-refractivity contribution in [3.05, 3.63) is 102 Å². The zero-order valence-electron chi connectivity index (χ0n) is 18.9. The minimum atomic E-state index is -0.784. The Bertz CT molecular complexity index is 990. The molecule has 3 aromatic carbocycles. The van der Waals surface area contributed by atoms with Gasteiger partial charge in [-0.05, 0) is 55.7 Å². The van der Waals surface area contributed by atoms with Crippen LogP contribution in [0.4, 0.5) is 0 Å². The van der Waals surface area contributed by atoms with E-state index >= 15 is 0 Å². The molecule has 0 heterocycles. The van der Waals surface area contributed by atoms with Gasteiger partial charge in [0.15, 0.2) is 0 Å². The highest BCUT2D eigenvalue weighted by molar-refractivity contribution is 5.94. The molecule has 1 amide bonds. The Morgan fingerprint density at radius 1 is 0.969 bits per heavy atom. The van der Waals surface area contributed by atoms with Crippen molar-refractivity contribution >= 4 is 5.91 Å². The van der Waals surface area contributed by atoms with Crippen molar-refractivity contribution in [2.45, 2.75) is 38.0 Å². The van der Waals surface area contributed by atoms with E-state index in [0.29, 0.717) is 18.5 Å². The first-order valence-corrected chi connectivity index (χ1v) is 10.9. The number of carbonyl (C=O) groups excluding carboxylic acids is 1. The zero-order valence-corrected chi connectivity index (χ0v) is 18.9. The second kappa shape index (κ2) is 10.9. The predicted octanol–water partition coefficient (Wildman–Crippen LogP) is 3.92. The lowest BCUT2D eigenvalue weighted by Gasteiger charge is -2.31. The smallest absolute Gasteiger partial charge is 0.251 e. The maximum atomic E-state index is 12.8. The van der Waals surface area contributed by atoms with E-state index in [1.54, 1.807) is 19.2 Å². The molecule has 0 spiro atoms. The van der Waals surface area contributed by atoms with Crippen LogP contribution in [0.2, 0.25) is 0 Å². The number of benzene rings is 3. The summed E-state index contributed by atoms with van der Waals surface area (Å²) in [7, 11) is 1.65. The molecular formula is C27H32N2O3. The summed E-state index contributed by atoms with van der Waals surface area (Å²) in [6.07, 6.45) is -0.255. The molecule has 32 heavy (non-hydrogen) atoms. The third kappa shape index (κ3) is 6.42. The summed E-state index contributed by atoms with van der Waals surface area (Å²) in [4.78, 5) is 12.8. The van der Waals surface area contributed by atoms with Crippen molar-refractivity contribution in [3.8, 4) is 5.75 Å². The van der Waals surface area contributed by atoms with Gasteiger partial charge >= 0.3 is 0 Å². The molecule has 3 N–H and O–H groups in total. The van der Waals surface area contributed by atoms with E-state index in [0.717, 1.165) is 16.9 Å². The van der Waals surface area contributed by atoms with Crippen molar-refractivity contribution in [2.24, 2.45) is 0 Å². The average molecular weight is 433 g/mol. The summed E-state index contributed by atoms with van der Waals surface area (Å²) in [6.45, 7) is 4.43. The highest BCUT2D eigenvalue weighted by Gasteiger charge is 2.26. The summed E-state index contributed by atoms with van der Waals surface area (Å²) < 4.78 is 5.34. The van der Waals surface area contributed by atoms with Gasteiger partial charge in [0.25, 0.3) is 5.91 Å². The molecule has 0 fully saturated rings. The Kier molecular flexibility index (Phi) is 8.03. The SMILES string of the molecule is COc1cccc(C(C)(C)NC[C@@H](O)[C@H](Cc2ccccc2)NC(=O)c2ccccc2)c1. The van der Waals surface area contributed by atoms with Gasteiger partial charge in [0.2, 0.25) is 0 Å². The first kappa shape index (κ1) is 23.5. The summed E-state index contributed by atoms with van der Waals surface area (Å²) in [5.74, 6) is 0.590. The first-order valence-electron chi connectivity index (χ1n) is 10.9. The van der Waals surface area contributed by atoms with Gasteiger partial charge in [-0.2, -0.15) is 0 Å². The van der Waals surface area contributed by atoms with E-state index in [2.05, 4.69) is 24.5 Å². The molecule has 0 saturated carbocycles. The Morgan fingerprint density at radius 3 is 2.28 bits per heavy atom. The van der Waals surface area contributed by atoms with Crippen LogP contribution in [-0.2, 0) is 12.0 Å². The van der Waals surface area contributed by atoms with Crippen LogP contribution in [0.3, 0.4) is 0 Å². The molecule has 0 aliphatic rings. The minimum absolute atomic E-state index is 0.197. The monoisotopic (exact) mass is 432 g/mol.